The lowest BCUT2D eigenvalue weighted by Crippen LogP contribution is -2.03. The van der Waals surface area contributed by atoms with Crippen molar-refractivity contribution in [1.82, 2.24) is 0 Å². The SMILES string of the molecule is C[S+](Cc1ccc(Br)cc1)c1ccccc1. The van der Waals surface area contributed by atoms with Gasteiger partial charge in [0, 0.05) is 20.9 Å². The molecule has 0 spiro atoms. The number of halogens is 1. The molecule has 0 aliphatic carbocycles. The van der Waals surface area contributed by atoms with E-state index in [0.717, 1.165) is 10.2 Å². The quantitative estimate of drug-likeness (QED) is 0.742. The van der Waals surface area contributed by atoms with E-state index in [-0.39, 0.29) is 0 Å². The van der Waals surface area contributed by atoms with E-state index in [9.17, 15) is 0 Å². The van der Waals surface area contributed by atoms with Crippen molar-refractivity contribution in [3.05, 3.63) is 64.6 Å². The Balaban J connectivity index is 2.08. The van der Waals surface area contributed by atoms with Crippen molar-refractivity contribution < 1.29 is 0 Å². The van der Waals surface area contributed by atoms with Crippen LogP contribution in [-0.4, -0.2) is 6.26 Å². The lowest BCUT2D eigenvalue weighted by molar-refractivity contribution is 1.35. The fourth-order valence-corrected chi connectivity index (χ4v) is 3.31. The van der Waals surface area contributed by atoms with Crippen LogP contribution in [0.1, 0.15) is 5.56 Å². The Kier molecular flexibility index (Phi) is 4.08. The number of benzene rings is 2. The first-order valence-corrected chi connectivity index (χ1v) is 7.77. The Labute approximate surface area is 108 Å². The van der Waals surface area contributed by atoms with Gasteiger partial charge in [0.25, 0.3) is 0 Å². The predicted octanol–water partition coefficient (Wildman–Crippen LogP) is 4.26. The highest BCUT2D eigenvalue weighted by atomic mass is 79.9. The van der Waals surface area contributed by atoms with Crippen LogP contribution in [0.25, 0.3) is 0 Å². The molecule has 0 aliphatic heterocycles. The third-order valence-corrected chi connectivity index (χ3v) is 4.81. The highest BCUT2D eigenvalue weighted by molar-refractivity contribution is 9.10. The highest BCUT2D eigenvalue weighted by Gasteiger charge is 2.14. The van der Waals surface area contributed by atoms with Crippen LogP contribution in [0.5, 0.6) is 0 Å². The van der Waals surface area contributed by atoms with E-state index in [2.05, 4.69) is 76.8 Å². The van der Waals surface area contributed by atoms with E-state index in [1.54, 1.807) is 0 Å². The molecule has 2 aromatic carbocycles. The van der Waals surface area contributed by atoms with E-state index in [1.165, 1.54) is 10.5 Å². The second-order valence-corrected chi connectivity index (χ2v) is 6.67. The zero-order valence-electron chi connectivity index (χ0n) is 9.19. The molecular weight excluding hydrogens is 280 g/mol. The van der Waals surface area contributed by atoms with Gasteiger partial charge >= 0.3 is 0 Å². The van der Waals surface area contributed by atoms with Crippen molar-refractivity contribution in [3.8, 4) is 0 Å². The third-order valence-electron chi connectivity index (χ3n) is 2.44. The average molecular weight is 294 g/mol. The molecule has 1 atom stereocenters. The smallest absolute Gasteiger partial charge is 0.0619 e. The maximum atomic E-state index is 3.46. The summed E-state index contributed by atoms with van der Waals surface area (Å²) < 4.78 is 1.15. The Hall–Kier alpha value is -0.730. The molecule has 0 aliphatic rings. The first-order chi connectivity index (χ1) is 7.75. The van der Waals surface area contributed by atoms with E-state index in [1.807, 2.05) is 0 Å². The first-order valence-electron chi connectivity index (χ1n) is 5.18. The Morgan fingerprint density at radius 3 is 2.19 bits per heavy atom. The summed E-state index contributed by atoms with van der Waals surface area (Å²) in [7, 11) is 0.294. The van der Waals surface area contributed by atoms with Gasteiger partial charge in [0.05, 0.1) is 0 Å². The molecule has 0 bridgehead atoms. The van der Waals surface area contributed by atoms with Gasteiger partial charge in [0.15, 0.2) is 4.90 Å². The molecule has 2 aromatic rings. The third kappa shape index (κ3) is 3.13. The topological polar surface area (TPSA) is 0 Å². The van der Waals surface area contributed by atoms with Crippen molar-refractivity contribution in [2.24, 2.45) is 0 Å². The molecule has 1 unspecified atom stereocenters. The van der Waals surface area contributed by atoms with E-state index < -0.39 is 0 Å². The van der Waals surface area contributed by atoms with Gasteiger partial charge in [-0.1, -0.05) is 46.3 Å². The summed E-state index contributed by atoms with van der Waals surface area (Å²) in [4.78, 5) is 1.44. The minimum Gasteiger partial charge on any atom is -0.0619 e. The summed E-state index contributed by atoms with van der Waals surface area (Å²) in [5.74, 6) is 1.12. The van der Waals surface area contributed by atoms with Gasteiger partial charge in [-0.15, -0.1) is 0 Å². The second kappa shape index (κ2) is 5.55. The van der Waals surface area contributed by atoms with Gasteiger partial charge in [-0.05, 0) is 24.3 Å². The lowest BCUT2D eigenvalue weighted by atomic mass is 10.2. The van der Waals surface area contributed by atoms with Crippen molar-refractivity contribution in [2.45, 2.75) is 10.6 Å². The first kappa shape index (κ1) is 11.7. The van der Waals surface area contributed by atoms with Gasteiger partial charge in [-0.3, -0.25) is 0 Å². The summed E-state index contributed by atoms with van der Waals surface area (Å²) in [6.45, 7) is 0. The normalized spacial score (nSPS) is 12.4. The van der Waals surface area contributed by atoms with Crippen LogP contribution < -0.4 is 0 Å². The van der Waals surface area contributed by atoms with Gasteiger partial charge < -0.3 is 0 Å². The fourth-order valence-electron chi connectivity index (χ4n) is 1.57. The lowest BCUT2D eigenvalue weighted by Gasteiger charge is -2.03. The molecule has 0 heterocycles. The predicted molar refractivity (Wildman–Crippen MR) is 75.8 cm³/mol. The largest absolute Gasteiger partial charge is 0.154 e. The van der Waals surface area contributed by atoms with Crippen LogP contribution in [0.3, 0.4) is 0 Å². The maximum Gasteiger partial charge on any atom is 0.154 e. The van der Waals surface area contributed by atoms with E-state index in [4.69, 9.17) is 0 Å². The molecule has 2 rings (SSSR count). The monoisotopic (exact) mass is 293 g/mol. The summed E-state index contributed by atoms with van der Waals surface area (Å²) in [6.07, 6.45) is 2.30. The minimum atomic E-state index is 0.294. The molecule has 0 amide bonds. The van der Waals surface area contributed by atoms with Gasteiger partial charge in [0.1, 0.15) is 12.0 Å². The molecule has 82 valence electrons. The van der Waals surface area contributed by atoms with Crippen molar-refractivity contribution >= 4 is 26.8 Å². The van der Waals surface area contributed by atoms with Crippen LogP contribution in [-0.2, 0) is 16.6 Å². The molecule has 16 heavy (non-hydrogen) atoms. The molecule has 0 nitrogen and oxygen atoms in total. The molecule has 2 heteroatoms. The molecular formula is C14H14BrS+. The Bertz CT molecular complexity index is 436. The number of hydrogen-bond donors (Lipinski definition) is 0. The molecule has 0 saturated heterocycles. The van der Waals surface area contributed by atoms with Crippen molar-refractivity contribution in [3.63, 3.8) is 0 Å². The van der Waals surface area contributed by atoms with E-state index in [0.29, 0.717) is 10.9 Å². The molecule has 0 aromatic heterocycles. The van der Waals surface area contributed by atoms with Crippen LogP contribution >= 0.6 is 15.9 Å². The molecule has 0 fully saturated rings. The number of hydrogen-bond acceptors (Lipinski definition) is 0. The average Bonchev–Trinajstić information content (AvgIpc) is 2.33. The van der Waals surface area contributed by atoms with Crippen molar-refractivity contribution in [2.75, 3.05) is 6.26 Å². The fraction of sp³-hybridized carbons (Fsp3) is 0.143. The van der Waals surface area contributed by atoms with Crippen LogP contribution in [0, 0.1) is 0 Å². The van der Waals surface area contributed by atoms with Crippen molar-refractivity contribution in [1.29, 1.82) is 0 Å². The summed E-state index contributed by atoms with van der Waals surface area (Å²) >= 11 is 3.46. The van der Waals surface area contributed by atoms with Crippen LogP contribution in [0.4, 0.5) is 0 Å². The van der Waals surface area contributed by atoms with Crippen LogP contribution in [0.15, 0.2) is 64.0 Å². The van der Waals surface area contributed by atoms with Gasteiger partial charge in [-0.25, -0.2) is 0 Å². The highest BCUT2D eigenvalue weighted by Crippen LogP contribution is 2.18. The van der Waals surface area contributed by atoms with Gasteiger partial charge in [0.2, 0.25) is 0 Å². The van der Waals surface area contributed by atoms with E-state index >= 15 is 0 Å². The van der Waals surface area contributed by atoms with Crippen LogP contribution in [0.2, 0.25) is 0 Å². The standard InChI is InChI=1S/C14H14BrS/c1-16(14-5-3-2-4-6-14)11-12-7-9-13(15)10-8-12/h2-10H,11H2,1H3/q+1. The number of rotatable bonds is 3. The zero-order chi connectivity index (χ0) is 11.4. The summed E-state index contributed by atoms with van der Waals surface area (Å²) in [5.41, 5.74) is 1.40. The Morgan fingerprint density at radius 1 is 0.938 bits per heavy atom. The molecule has 0 N–H and O–H groups in total. The second-order valence-electron chi connectivity index (χ2n) is 3.72. The maximum absolute atomic E-state index is 3.46. The summed E-state index contributed by atoms with van der Waals surface area (Å²) in [6, 6.07) is 19.3. The Morgan fingerprint density at radius 2 is 1.56 bits per heavy atom. The van der Waals surface area contributed by atoms with Gasteiger partial charge in [-0.2, -0.15) is 0 Å². The molecule has 0 radical (unpaired) electrons. The molecule has 0 saturated carbocycles. The summed E-state index contributed by atoms with van der Waals surface area (Å²) in [5, 5.41) is 0. The zero-order valence-corrected chi connectivity index (χ0v) is 11.6. The minimum absolute atomic E-state index is 0.294.